The fourth-order valence-corrected chi connectivity index (χ4v) is 5.75. The van der Waals surface area contributed by atoms with Gasteiger partial charge in [-0.2, -0.15) is 0 Å². The first-order chi connectivity index (χ1) is 20.6. The lowest BCUT2D eigenvalue weighted by atomic mass is 10.1. The summed E-state index contributed by atoms with van der Waals surface area (Å²) in [5.74, 6) is -3.28. The van der Waals surface area contributed by atoms with Crippen LogP contribution in [-0.4, -0.2) is 126 Å². The van der Waals surface area contributed by atoms with E-state index in [1.54, 1.807) is 6.07 Å². The number of nitrogens with zero attached hydrogens (tertiary/aromatic N) is 5. The first-order valence-electron chi connectivity index (χ1n) is 14.6. The average molecular weight is 617 g/mol. The number of benzene rings is 1. The molecule has 3 heterocycles. The Morgan fingerprint density at radius 3 is 2.26 bits per heavy atom. The van der Waals surface area contributed by atoms with Gasteiger partial charge in [0.2, 0.25) is 11.7 Å². The molecule has 4 rings (SSSR count). The molecule has 2 saturated heterocycles. The number of likely N-dealkylation sites (N-methyl/N-ethyl adjacent to an activating group) is 1. The number of ether oxygens (including phenoxy) is 1. The molecule has 0 spiro atoms. The van der Waals surface area contributed by atoms with Crippen LogP contribution >= 0.6 is 7.60 Å². The molecule has 43 heavy (non-hydrogen) atoms. The van der Waals surface area contributed by atoms with Crippen molar-refractivity contribution in [3.8, 4) is 11.3 Å². The molecular formula is C29H41N6O7P. The molecule has 1 aromatic carbocycles. The second kappa shape index (κ2) is 14.9. The number of aromatic nitrogens is 1. The van der Waals surface area contributed by atoms with E-state index in [0.29, 0.717) is 12.3 Å². The number of pyridine rings is 1. The lowest BCUT2D eigenvalue weighted by molar-refractivity contribution is -0.131. The Morgan fingerprint density at radius 1 is 0.977 bits per heavy atom. The van der Waals surface area contributed by atoms with Crippen LogP contribution in [-0.2, 0) is 14.1 Å². The van der Waals surface area contributed by atoms with Crippen molar-refractivity contribution < 1.29 is 33.5 Å². The highest BCUT2D eigenvalue weighted by molar-refractivity contribution is 7.53. The van der Waals surface area contributed by atoms with Crippen molar-refractivity contribution in [2.24, 2.45) is 0 Å². The SMILES string of the molecule is CCCCOC(=O)N1CCN(C(=O)CN[C@@H](C(=O)c2cc(N3CCN(C)CC3)cc(-c3ccccc3)n2)P(=O)(O)O)CC1. The smallest absolute Gasteiger partial charge is 0.409 e. The monoisotopic (exact) mass is 616 g/mol. The van der Waals surface area contributed by atoms with E-state index < -0.39 is 37.7 Å². The summed E-state index contributed by atoms with van der Waals surface area (Å²) in [4.78, 5) is 70.9. The van der Waals surface area contributed by atoms with Gasteiger partial charge in [-0.15, -0.1) is 0 Å². The molecule has 1 aromatic heterocycles. The van der Waals surface area contributed by atoms with Crippen LogP contribution in [0.4, 0.5) is 10.5 Å². The number of amides is 2. The molecule has 0 saturated carbocycles. The summed E-state index contributed by atoms with van der Waals surface area (Å²) < 4.78 is 17.7. The molecular weight excluding hydrogens is 575 g/mol. The van der Waals surface area contributed by atoms with E-state index in [1.807, 2.05) is 50.4 Å². The van der Waals surface area contributed by atoms with Gasteiger partial charge in [0, 0.05) is 63.6 Å². The molecule has 14 heteroatoms. The molecule has 0 radical (unpaired) electrons. The van der Waals surface area contributed by atoms with Crippen molar-refractivity contribution in [3.63, 3.8) is 0 Å². The molecule has 0 aliphatic carbocycles. The van der Waals surface area contributed by atoms with Crippen molar-refractivity contribution in [1.29, 1.82) is 0 Å². The van der Waals surface area contributed by atoms with Crippen LogP contribution in [0.2, 0.25) is 0 Å². The third-order valence-corrected chi connectivity index (χ3v) is 8.74. The van der Waals surface area contributed by atoms with Crippen molar-refractivity contribution in [3.05, 3.63) is 48.2 Å². The molecule has 2 aliphatic rings. The molecule has 234 valence electrons. The third-order valence-electron chi connectivity index (χ3n) is 7.65. The molecule has 2 aliphatic heterocycles. The van der Waals surface area contributed by atoms with E-state index in [2.05, 4.69) is 20.1 Å². The molecule has 2 aromatic rings. The molecule has 0 bridgehead atoms. The van der Waals surface area contributed by atoms with Gasteiger partial charge in [0.25, 0.3) is 0 Å². The Kier molecular flexibility index (Phi) is 11.3. The molecule has 1 atom stereocenters. The molecule has 3 N–H and O–H groups in total. The number of carbonyl (C=O) groups excluding carboxylic acids is 3. The van der Waals surface area contributed by atoms with Gasteiger partial charge in [0.1, 0.15) is 5.69 Å². The number of nitrogens with one attached hydrogen (secondary N) is 1. The number of carbonyl (C=O) groups is 3. The van der Waals surface area contributed by atoms with Gasteiger partial charge in [-0.3, -0.25) is 19.5 Å². The van der Waals surface area contributed by atoms with Gasteiger partial charge < -0.3 is 34.1 Å². The standard InChI is InChI=1S/C29H41N6O7P/c1-3-4-18-42-29(38)35-16-14-34(15-17-35)26(36)21-30-28(43(39,40)41)27(37)25-20-23(33-12-10-32(2)11-13-33)19-24(31-25)22-8-6-5-7-9-22/h5-9,19-20,28,30H,3-4,10-18,21H2,1-2H3,(H2,39,40,41)/t28-/m1/s1. The summed E-state index contributed by atoms with van der Waals surface area (Å²) >= 11 is 0. The predicted molar refractivity (Wildman–Crippen MR) is 162 cm³/mol. The highest BCUT2D eigenvalue weighted by Crippen LogP contribution is 2.41. The first-order valence-corrected chi connectivity index (χ1v) is 16.3. The summed E-state index contributed by atoms with van der Waals surface area (Å²) in [7, 11) is -3.00. The van der Waals surface area contributed by atoms with Gasteiger partial charge >= 0.3 is 13.7 Å². The maximum absolute atomic E-state index is 13.7. The highest BCUT2D eigenvalue weighted by Gasteiger charge is 2.38. The van der Waals surface area contributed by atoms with Crippen molar-refractivity contribution in [1.82, 2.24) is 25.0 Å². The van der Waals surface area contributed by atoms with Gasteiger partial charge in [0.05, 0.1) is 18.8 Å². The Bertz CT molecular complexity index is 1310. The highest BCUT2D eigenvalue weighted by atomic mass is 31.2. The molecule has 2 fully saturated rings. The van der Waals surface area contributed by atoms with Crippen LogP contribution in [0.25, 0.3) is 11.3 Å². The van der Waals surface area contributed by atoms with Crippen LogP contribution in [0.15, 0.2) is 42.5 Å². The summed E-state index contributed by atoms with van der Waals surface area (Å²) in [5.41, 5.74) is 1.90. The van der Waals surface area contributed by atoms with Crippen LogP contribution < -0.4 is 10.2 Å². The zero-order valence-electron chi connectivity index (χ0n) is 24.7. The Labute approximate surface area is 252 Å². The number of rotatable bonds is 11. The lowest BCUT2D eigenvalue weighted by Crippen LogP contribution is -2.53. The number of ketones is 1. The second-order valence-electron chi connectivity index (χ2n) is 10.8. The molecule has 2 amide bonds. The van der Waals surface area contributed by atoms with Gasteiger partial charge in [-0.1, -0.05) is 43.7 Å². The third kappa shape index (κ3) is 8.84. The van der Waals surface area contributed by atoms with Crippen LogP contribution in [0.1, 0.15) is 30.3 Å². The van der Waals surface area contributed by atoms with E-state index in [4.69, 9.17) is 4.74 Å². The maximum Gasteiger partial charge on any atom is 0.409 e. The minimum Gasteiger partial charge on any atom is -0.449 e. The minimum atomic E-state index is -5.03. The summed E-state index contributed by atoms with van der Waals surface area (Å²) in [6, 6.07) is 12.7. The Hall–Kier alpha value is -3.35. The average Bonchev–Trinajstić information content (AvgIpc) is 3.01. The second-order valence-corrected chi connectivity index (χ2v) is 12.5. The van der Waals surface area contributed by atoms with Crippen LogP contribution in [0.5, 0.6) is 0 Å². The van der Waals surface area contributed by atoms with E-state index in [1.165, 1.54) is 9.80 Å². The normalized spacial score (nSPS) is 17.1. The maximum atomic E-state index is 13.7. The van der Waals surface area contributed by atoms with E-state index in [9.17, 15) is 28.7 Å². The largest absolute Gasteiger partial charge is 0.449 e. The Balaban J connectivity index is 1.47. The number of piperazine rings is 2. The van der Waals surface area contributed by atoms with Crippen molar-refractivity contribution in [2.45, 2.75) is 25.5 Å². The number of hydrogen-bond donors (Lipinski definition) is 3. The quantitative estimate of drug-likeness (QED) is 0.192. The number of Topliss-reactive ketones (excluding diaryl/α,β-unsaturated/α-hetero) is 1. The van der Waals surface area contributed by atoms with Crippen molar-refractivity contribution in [2.75, 3.05) is 77.5 Å². The minimum absolute atomic E-state index is 0.0984. The zero-order valence-corrected chi connectivity index (χ0v) is 25.6. The summed E-state index contributed by atoms with van der Waals surface area (Å²) in [6.07, 6.45) is 1.26. The fourth-order valence-electron chi connectivity index (χ4n) is 4.98. The number of anilines is 1. The van der Waals surface area contributed by atoms with Gasteiger partial charge in [0.15, 0.2) is 5.78 Å². The van der Waals surface area contributed by atoms with Gasteiger partial charge in [-0.25, -0.2) is 9.78 Å². The van der Waals surface area contributed by atoms with E-state index in [0.717, 1.165) is 50.3 Å². The lowest BCUT2D eigenvalue weighted by Gasteiger charge is -2.34. The van der Waals surface area contributed by atoms with Crippen molar-refractivity contribution >= 4 is 31.1 Å². The first kappa shape index (κ1) is 32.6. The fraction of sp³-hybridized carbons (Fsp3) is 0.517. The predicted octanol–water partition coefficient (Wildman–Crippen LogP) is 1.86. The van der Waals surface area contributed by atoms with Crippen LogP contribution in [0, 0.1) is 0 Å². The zero-order chi connectivity index (χ0) is 31.0. The summed E-state index contributed by atoms with van der Waals surface area (Å²) in [6.45, 7) is 6.03. The summed E-state index contributed by atoms with van der Waals surface area (Å²) in [5, 5.41) is 2.52. The number of unbranched alkanes of at least 4 members (excludes halogenated alkanes) is 1. The Morgan fingerprint density at radius 2 is 1.63 bits per heavy atom. The van der Waals surface area contributed by atoms with E-state index in [-0.39, 0.29) is 31.9 Å². The van der Waals surface area contributed by atoms with Gasteiger partial charge in [-0.05, 0) is 25.6 Å². The van der Waals surface area contributed by atoms with E-state index >= 15 is 0 Å². The number of hydrogen-bond acceptors (Lipinski definition) is 9. The molecule has 0 unspecified atom stereocenters. The topological polar surface area (TPSA) is 156 Å². The molecule has 13 nitrogen and oxygen atoms in total. The van der Waals surface area contributed by atoms with Crippen LogP contribution in [0.3, 0.4) is 0 Å².